The van der Waals surface area contributed by atoms with Crippen LogP contribution in [0, 0.1) is 0 Å². The fourth-order valence-electron chi connectivity index (χ4n) is 4.11. The van der Waals surface area contributed by atoms with E-state index in [9.17, 15) is 9.59 Å². The minimum absolute atomic E-state index is 0.0594. The number of para-hydroxylation sites is 2. The summed E-state index contributed by atoms with van der Waals surface area (Å²) in [4.78, 5) is 28.4. The zero-order chi connectivity index (χ0) is 23.9. The van der Waals surface area contributed by atoms with E-state index in [1.165, 1.54) is 0 Å². The number of methoxy groups -OCH3 is 1. The first-order valence-electron chi connectivity index (χ1n) is 11.5. The second-order valence-electron chi connectivity index (χ2n) is 8.09. The third-order valence-electron chi connectivity index (χ3n) is 5.91. The lowest BCUT2D eigenvalue weighted by Gasteiger charge is -2.11. The van der Waals surface area contributed by atoms with Gasteiger partial charge in [0, 0.05) is 28.7 Å². The van der Waals surface area contributed by atoms with Crippen molar-refractivity contribution in [2.24, 2.45) is 0 Å². The molecule has 0 aliphatic carbocycles. The van der Waals surface area contributed by atoms with Crippen molar-refractivity contribution in [3.8, 4) is 17.0 Å². The Kier molecular flexibility index (Phi) is 7.28. The highest BCUT2D eigenvalue weighted by atomic mass is 16.5. The maximum absolute atomic E-state index is 12.6. The second kappa shape index (κ2) is 10.7. The number of benzene rings is 3. The number of aryl methyl sites for hydroxylation is 2. The first-order valence-corrected chi connectivity index (χ1v) is 11.5. The average molecular weight is 456 g/mol. The molecule has 1 aromatic heterocycles. The van der Waals surface area contributed by atoms with Crippen molar-refractivity contribution in [2.45, 2.75) is 26.2 Å². The zero-order valence-electron chi connectivity index (χ0n) is 19.5. The van der Waals surface area contributed by atoms with E-state index in [2.05, 4.69) is 21.7 Å². The second-order valence-corrected chi connectivity index (χ2v) is 8.09. The van der Waals surface area contributed by atoms with Gasteiger partial charge in [0.15, 0.2) is 0 Å². The number of aromatic amines is 1. The molecule has 3 aromatic carbocycles. The Hall–Kier alpha value is -4.06. The number of carbonyl (C=O) groups excluding carboxylic acids is 2. The van der Waals surface area contributed by atoms with Gasteiger partial charge in [-0.2, -0.15) is 0 Å². The monoisotopic (exact) mass is 455 g/mol. The van der Waals surface area contributed by atoms with Gasteiger partial charge in [0.1, 0.15) is 5.75 Å². The van der Waals surface area contributed by atoms with Crippen LogP contribution in [-0.2, 0) is 22.4 Å². The molecular formula is C28H29N3O3. The zero-order valence-corrected chi connectivity index (χ0v) is 19.5. The molecule has 6 nitrogen and oxygen atoms in total. The summed E-state index contributed by atoms with van der Waals surface area (Å²) < 4.78 is 5.27. The Labute approximate surface area is 199 Å². The first kappa shape index (κ1) is 23.1. The van der Waals surface area contributed by atoms with E-state index in [0.29, 0.717) is 6.42 Å². The van der Waals surface area contributed by atoms with E-state index < -0.39 is 0 Å². The van der Waals surface area contributed by atoms with Gasteiger partial charge in [-0.3, -0.25) is 9.59 Å². The molecule has 34 heavy (non-hydrogen) atoms. The molecule has 4 rings (SSSR count). The van der Waals surface area contributed by atoms with Gasteiger partial charge in [0.2, 0.25) is 11.8 Å². The Balaban J connectivity index is 1.41. The molecule has 3 N–H and O–H groups in total. The largest absolute Gasteiger partial charge is 0.497 e. The standard InChI is InChI=1S/C28H29N3O3/c1-3-19-8-4-6-10-24(19)30-27(33)18-29-26(32)17-16-23-22-9-5-7-11-25(22)31-28(23)20-12-14-21(34-2)15-13-20/h4-15,31H,3,16-18H2,1-2H3,(H,29,32)(H,30,33). The molecule has 0 fully saturated rings. The molecule has 0 saturated carbocycles. The number of aromatic nitrogens is 1. The molecule has 1 heterocycles. The fraction of sp³-hybridized carbons (Fsp3) is 0.214. The summed E-state index contributed by atoms with van der Waals surface area (Å²) in [6, 6.07) is 23.6. The highest BCUT2D eigenvalue weighted by molar-refractivity contribution is 5.95. The lowest BCUT2D eigenvalue weighted by Crippen LogP contribution is -2.33. The van der Waals surface area contributed by atoms with Crippen LogP contribution < -0.4 is 15.4 Å². The average Bonchev–Trinajstić information content (AvgIpc) is 3.25. The molecule has 174 valence electrons. The lowest BCUT2D eigenvalue weighted by molar-refractivity contribution is -0.124. The Morgan fingerprint density at radius 1 is 0.912 bits per heavy atom. The summed E-state index contributed by atoms with van der Waals surface area (Å²) in [6.45, 7) is 1.98. The van der Waals surface area contributed by atoms with Crippen molar-refractivity contribution in [1.82, 2.24) is 10.3 Å². The number of H-pyrrole nitrogens is 1. The van der Waals surface area contributed by atoms with Crippen LogP contribution in [-0.4, -0.2) is 30.5 Å². The smallest absolute Gasteiger partial charge is 0.243 e. The topological polar surface area (TPSA) is 83.2 Å². The molecule has 0 aliphatic heterocycles. The number of amides is 2. The summed E-state index contributed by atoms with van der Waals surface area (Å²) in [5.41, 5.74) is 5.97. The van der Waals surface area contributed by atoms with Crippen molar-refractivity contribution < 1.29 is 14.3 Å². The van der Waals surface area contributed by atoms with Crippen LogP contribution in [0.4, 0.5) is 5.69 Å². The maximum Gasteiger partial charge on any atom is 0.243 e. The van der Waals surface area contributed by atoms with Crippen LogP contribution in [0.2, 0.25) is 0 Å². The maximum atomic E-state index is 12.6. The molecule has 0 aliphatic rings. The van der Waals surface area contributed by atoms with Crippen LogP contribution in [0.1, 0.15) is 24.5 Å². The van der Waals surface area contributed by atoms with Crippen molar-refractivity contribution in [3.05, 3.63) is 83.9 Å². The third-order valence-corrected chi connectivity index (χ3v) is 5.91. The quantitative estimate of drug-likeness (QED) is 0.329. The van der Waals surface area contributed by atoms with E-state index in [-0.39, 0.29) is 24.8 Å². The van der Waals surface area contributed by atoms with Crippen LogP contribution in [0.25, 0.3) is 22.2 Å². The Morgan fingerprint density at radius 2 is 1.65 bits per heavy atom. The number of hydrogen-bond acceptors (Lipinski definition) is 3. The van der Waals surface area contributed by atoms with E-state index in [1.807, 2.05) is 73.7 Å². The molecule has 0 atom stereocenters. The summed E-state index contributed by atoms with van der Waals surface area (Å²) in [7, 11) is 1.64. The fourth-order valence-corrected chi connectivity index (χ4v) is 4.11. The van der Waals surface area contributed by atoms with Gasteiger partial charge in [0.05, 0.1) is 13.7 Å². The molecule has 0 unspecified atom stereocenters. The van der Waals surface area contributed by atoms with Crippen LogP contribution >= 0.6 is 0 Å². The Morgan fingerprint density at radius 3 is 2.41 bits per heavy atom. The molecule has 0 spiro atoms. The molecule has 0 radical (unpaired) electrons. The minimum atomic E-state index is -0.236. The van der Waals surface area contributed by atoms with Crippen molar-refractivity contribution >= 4 is 28.4 Å². The number of ether oxygens (including phenoxy) is 1. The number of rotatable bonds is 9. The van der Waals surface area contributed by atoms with Crippen molar-refractivity contribution in [1.29, 1.82) is 0 Å². The first-order chi connectivity index (χ1) is 16.6. The van der Waals surface area contributed by atoms with Crippen molar-refractivity contribution in [2.75, 3.05) is 19.0 Å². The van der Waals surface area contributed by atoms with Crippen molar-refractivity contribution in [3.63, 3.8) is 0 Å². The number of carbonyl (C=O) groups is 2. The van der Waals surface area contributed by atoms with Gasteiger partial charge in [-0.15, -0.1) is 0 Å². The predicted molar refractivity (Wildman–Crippen MR) is 136 cm³/mol. The summed E-state index contributed by atoms with van der Waals surface area (Å²) >= 11 is 0. The highest BCUT2D eigenvalue weighted by Crippen LogP contribution is 2.32. The van der Waals surface area contributed by atoms with Gasteiger partial charge in [0.25, 0.3) is 0 Å². The van der Waals surface area contributed by atoms with Gasteiger partial charge < -0.3 is 20.4 Å². The molecule has 0 saturated heterocycles. The molecule has 4 aromatic rings. The summed E-state index contributed by atoms with van der Waals surface area (Å²) in [6.07, 6.45) is 1.66. The highest BCUT2D eigenvalue weighted by Gasteiger charge is 2.15. The number of fused-ring (bicyclic) bond motifs is 1. The summed E-state index contributed by atoms with van der Waals surface area (Å²) in [5, 5.41) is 6.72. The predicted octanol–water partition coefficient (Wildman–Crippen LogP) is 5.09. The Bertz CT molecular complexity index is 1290. The SMILES string of the molecule is CCc1ccccc1NC(=O)CNC(=O)CCc1c(-c2ccc(OC)cc2)[nH]c2ccccc12. The normalized spacial score (nSPS) is 10.8. The number of anilines is 1. The van der Waals surface area contributed by atoms with E-state index in [4.69, 9.17) is 4.74 Å². The molecular weight excluding hydrogens is 426 g/mol. The summed E-state index contributed by atoms with van der Waals surface area (Å²) in [5.74, 6) is 0.394. The van der Waals surface area contributed by atoms with Crippen LogP contribution in [0.3, 0.4) is 0 Å². The van der Waals surface area contributed by atoms with E-state index in [1.54, 1.807) is 7.11 Å². The van der Waals surface area contributed by atoms with Gasteiger partial charge in [-0.05, 0) is 65.9 Å². The minimum Gasteiger partial charge on any atom is -0.497 e. The molecule has 0 bridgehead atoms. The van der Waals surface area contributed by atoms with Gasteiger partial charge in [-0.1, -0.05) is 43.3 Å². The van der Waals surface area contributed by atoms with E-state index in [0.717, 1.165) is 51.1 Å². The number of hydrogen-bond donors (Lipinski definition) is 3. The number of nitrogens with one attached hydrogen (secondary N) is 3. The van der Waals surface area contributed by atoms with E-state index >= 15 is 0 Å². The van der Waals surface area contributed by atoms with Crippen LogP contribution in [0.15, 0.2) is 72.8 Å². The van der Waals surface area contributed by atoms with Gasteiger partial charge >= 0.3 is 0 Å². The third kappa shape index (κ3) is 5.29. The van der Waals surface area contributed by atoms with Gasteiger partial charge in [-0.25, -0.2) is 0 Å². The molecule has 6 heteroatoms. The molecule has 2 amide bonds. The lowest BCUT2D eigenvalue weighted by atomic mass is 10.0. The van der Waals surface area contributed by atoms with Crippen LogP contribution in [0.5, 0.6) is 5.75 Å².